The molecule has 0 N–H and O–H groups in total. The van der Waals surface area contributed by atoms with E-state index in [0.717, 1.165) is 15.7 Å². The molecule has 0 saturated heterocycles. The van der Waals surface area contributed by atoms with Gasteiger partial charge in [0.15, 0.2) is 0 Å². The van der Waals surface area contributed by atoms with E-state index in [1.807, 2.05) is 35.2 Å². The van der Waals surface area contributed by atoms with Gasteiger partial charge in [0.05, 0.1) is 23.7 Å². The number of rotatable bonds is 5. The predicted octanol–water partition coefficient (Wildman–Crippen LogP) is 3.64. The number of nitriles is 2. The van der Waals surface area contributed by atoms with Crippen LogP contribution in [0.25, 0.3) is 0 Å². The third kappa shape index (κ3) is 3.81. The monoisotopic (exact) mass is 340 g/mol. The van der Waals surface area contributed by atoms with Crippen molar-refractivity contribution in [1.82, 2.24) is 4.98 Å². The van der Waals surface area contributed by atoms with Gasteiger partial charge in [-0.25, -0.2) is 0 Å². The number of aromatic nitrogens is 1. The van der Waals surface area contributed by atoms with Gasteiger partial charge in [0.2, 0.25) is 0 Å². The minimum Gasteiger partial charge on any atom is -0.365 e. The molecule has 0 amide bonds. The van der Waals surface area contributed by atoms with Crippen LogP contribution in [-0.4, -0.2) is 11.5 Å². The highest BCUT2D eigenvalue weighted by molar-refractivity contribution is 9.10. The summed E-state index contributed by atoms with van der Waals surface area (Å²) in [6.45, 7) is 1.18. The first-order chi connectivity index (χ1) is 10.3. The van der Waals surface area contributed by atoms with E-state index >= 15 is 0 Å². The maximum atomic E-state index is 9.36. The summed E-state index contributed by atoms with van der Waals surface area (Å²) in [4.78, 5) is 6.14. The maximum Gasteiger partial charge on any atom is 0.103 e. The molecule has 0 aliphatic carbocycles. The Morgan fingerprint density at radius 3 is 2.71 bits per heavy atom. The van der Waals surface area contributed by atoms with Crippen molar-refractivity contribution in [2.24, 2.45) is 0 Å². The molecule has 0 aliphatic heterocycles. The number of nitrogens with zero attached hydrogens (tertiary/aromatic N) is 4. The van der Waals surface area contributed by atoms with Gasteiger partial charge in [0.1, 0.15) is 6.07 Å². The molecule has 0 aliphatic rings. The second kappa shape index (κ2) is 7.42. The average molecular weight is 341 g/mol. The Labute approximate surface area is 132 Å². The van der Waals surface area contributed by atoms with E-state index in [-0.39, 0.29) is 0 Å². The number of halogens is 1. The Bertz CT molecular complexity index is 686. The molecule has 2 rings (SSSR count). The van der Waals surface area contributed by atoms with Gasteiger partial charge in [-0.05, 0) is 39.7 Å². The lowest BCUT2D eigenvalue weighted by molar-refractivity contribution is 0.793. The normalized spacial score (nSPS) is 9.67. The average Bonchev–Trinajstić information content (AvgIpc) is 2.52. The van der Waals surface area contributed by atoms with Crippen LogP contribution < -0.4 is 4.90 Å². The molecular formula is C16H13BrN4. The lowest BCUT2D eigenvalue weighted by Gasteiger charge is -2.25. The van der Waals surface area contributed by atoms with Crippen LogP contribution in [0.2, 0.25) is 0 Å². The molecular weight excluding hydrogens is 328 g/mol. The van der Waals surface area contributed by atoms with Crippen LogP contribution in [0.5, 0.6) is 0 Å². The summed E-state index contributed by atoms with van der Waals surface area (Å²) in [7, 11) is 0. The smallest absolute Gasteiger partial charge is 0.103 e. The van der Waals surface area contributed by atoms with E-state index in [1.165, 1.54) is 0 Å². The lowest BCUT2D eigenvalue weighted by atomic mass is 10.1. The number of anilines is 1. The summed E-state index contributed by atoms with van der Waals surface area (Å²) >= 11 is 3.40. The van der Waals surface area contributed by atoms with Gasteiger partial charge in [0, 0.05) is 30.0 Å². The molecule has 21 heavy (non-hydrogen) atoms. The highest BCUT2D eigenvalue weighted by atomic mass is 79.9. The Morgan fingerprint density at radius 1 is 1.19 bits per heavy atom. The Morgan fingerprint density at radius 2 is 2.05 bits per heavy atom. The van der Waals surface area contributed by atoms with E-state index < -0.39 is 0 Å². The lowest BCUT2D eigenvalue weighted by Crippen LogP contribution is -2.24. The minimum atomic E-state index is 0.400. The molecule has 0 fully saturated rings. The summed E-state index contributed by atoms with van der Waals surface area (Å²) in [5.74, 6) is 0. The van der Waals surface area contributed by atoms with E-state index in [2.05, 4.69) is 33.1 Å². The standard InChI is InChI=1S/C16H13BrN4/c17-15-5-1-6-16(14(15)10-19)21(9-3-7-18)12-13-4-2-8-20-11-13/h1-2,4-6,8,11H,3,9,12H2. The van der Waals surface area contributed by atoms with E-state index in [1.54, 1.807) is 12.4 Å². The Hall–Kier alpha value is -2.37. The zero-order valence-electron chi connectivity index (χ0n) is 11.3. The molecule has 1 heterocycles. The van der Waals surface area contributed by atoms with Crippen molar-refractivity contribution in [3.63, 3.8) is 0 Å². The summed E-state index contributed by atoms with van der Waals surface area (Å²) in [5.41, 5.74) is 2.45. The molecule has 0 saturated carbocycles. The van der Waals surface area contributed by atoms with Crippen molar-refractivity contribution in [3.05, 3.63) is 58.3 Å². The fraction of sp³-hybridized carbons (Fsp3) is 0.188. The fourth-order valence-electron chi connectivity index (χ4n) is 2.07. The largest absolute Gasteiger partial charge is 0.365 e. The molecule has 4 nitrogen and oxygen atoms in total. The Balaban J connectivity index is 2.35. The summed E-state index contributed by atoms with van der Waals surface area (Å²) < 4.78 is 0.760. The van der Waals surface area contributed by atoms with Crippen molar-refractivity contribution in [1.29, 1.82) is 10.5 Å². The first-order valence-electron chi connectivity index (χ1n) is 6.45. The van der Waals surface area contributed by atoms with E-state index in [4.69, 9.17) is 5.26 Å². The third-order valence-corrected chi connectivity index (χ3v) is 3.69. The van der Waals surface area contributed by atoms with E-state index in [9.17, 15) is 5.26 Å². The van der Waals surface area contributed by atoms with Gasteiger partial charge < -0.3 is 4.90 Å². The highest BCUT2D eigenvalue weighted by Gasteiger charge is 2.14. The zero-order chi connectivity index (χ0) is 15.1. The van der Waals surface area contributed by atoms with Gasteiger partial charge in [-0.1, -0.05) is 12.1 Å². The molecule has 1 aromatic heterocycles. The number of pyridine rings is 1. The molecule has 0 unspecified atom stereocenters. The highest BCUT2D eigenvalue weighted by Crippen LogP contribution is 2.28. The summed E-state index contributed by atoms with van der Waals surface area (Å²) in [6, 6.07) is 13.9. The predicted molar refractivity (Wildman–Crippen MR) is 84.4 cm³/mol. The van der Waals surface area contributed by atoms with Crippen LogP contribution in [0.15, 0.2) is 47.2 Å². The molecule has 0 atom stereocenters. The molecule has 0 bridgehead atoms. The summed E-state index contributed by atoms with van der Waals surface area (Å²) in [6.07, 6.45) is 3.92. The van der Waals surface area contributed by atoms with Crippen LogP contribution in [0.3, 0.4) is 0 Å². The maximum absolute atomic E-state index is 9.36. The molecule has 0 radical (unpaired) electrons. The topological polar surface area (TPSA) is 63.7 Å². The van der Waals surface area contributed by atoms with Crippen LogP contribution in [-0.2, 0) is 6.54 Å². The Kier molecular flexibility index (Phi) is 5.31. The number of benzene rings is 1. The van der Waals surface area contributed by atoms with Crippen molar-refractivity contribution < 1.29 is 0 Å². The van der Waals surface area contributed by atoms with Crippen LogP contribution in [0.1, 0.15) is 17.5 Å². The number of hydrogen-bond donors (Lipinski definition) is 0. The van der Waals surface area contributed by atoms with Gasteiger partial charge >= 0.3 is 0 Å². The molecule has 1 aromatic carbocycles. The minimum absolute atomic E-state index is 0.400. The first-order valence-corrected chi connectivity index (χ1v) is 7.25. The van der Waals surface area contributed by atoms with Crippen molar-refractivity contribution in [2.45, 2.75) is 13.0 Å². The van der Waals surface area contributed by atoms with Crippen LogP contribution in [0, 0.1) is 22.7 Å². The molecule has 0 spiro atoms. The van der Waals surface area contributed by atoms with Gasteiger partial charge in [0.25, 0.3) is 0 Å². The van der Waals surface area contributed by atoms with E-state index in [0.29, 0.717) is 25.1 Å². The van der Waals surface area contributed by atoms with Gasteiger partial charge in [-0.2, -0.15) is 10.5 Å². The van der Waals surface area contributed by atoms with Gasteiger partial charge in [-0.15, -0.1) is 0 Å². The zero-order valence-corrected chi connectivity index (χ0v) is 12.9. The fourth-order valence-corrected chi connectivity index (χ4v) is 2.51. The molecule has 2 aromatic rings. The van der Waals surface area contributed by atoms with Gasteiger partial charge in [-0.3, -0.25) is 4.98 Å². The van der Waals surface area contributed by atoms with Crippen LogP contribution >= 0.6 is 15.9 Å². The van der Waals surface area contributed by atoms with Crippen molar-refractivity contribution in [2.75, 3.05) is 11.4 Å². The molecule has 5 heteroatoms. The van der Waals surface area contributed by atoms with Crippen molar-refractivity contribution >= 4 is 21.6 Å². The first kappa shape index (κ1) is 15.0. The SMILES string of the molecule is N#CCCN(Cc1cccnc1)c1cccc(Br)c1C#N. The second-order valence-corrected chi connectivity index (χ2v) is 5.29. The third-order valence-electron chi connectivity index (χ3n) is 3.03. The summed E-state index contributed by atoms with van der Waals surface area (Å²) in [5, 5.41) is 18.2. The van der Waals surface area contributed by atoms with Crippen molar-refractivity contribution in [3.8, 4) is 12.1 Å². The molecule has 104 valence electrons. The second-order valence-electron chi connectivity index (χ2n) is 4.44. The number of hydrogen-bond acceptors (Lipinski definition) is 4. The van der Waals surface area contributed by atoms with Crippen LogP contribution in [0.4, 0.5) is 5.69 Å². The quantitative estimate of drug-likeness (QED) is 0.833.